The van der Waals surface area contributed by atoms with Crippen molar-refractivity contribution in [3.05, 3.63) is 82.1 Å². The van der Waals surface area contributed by atoms with Crippen LogP contribution in [0, 0.1) is 0 Å². The van der Waals surface area contributed by atoms with Gasteiger partial charge in [-0.15, -0.1) is 0 Å². The Morgan fingerprint density at radius 1 is 1.08 bits per heavy atom. The fourth-order valence-corrected chi connectivity index (χ4v) is 3.45. The van der Waals surface area contributed by atoms with Crippen molar-refractivity contribution in [2.24, 2.45) is 0 Å². The summed E-state index contributed by atoms with van der Waals surface area (Å²) < 4.78 is 17.9. The zero-order chi connectivity index (χ0) is 17.9. The van der Waals surface area contributed by atoms with Gasteiger partial charge in [0.05, 0.1) is 0 Å². The number of allylic oxidation sites excluding steroid dienone is 9. The van der Waals surface area contributed by atoms with E-state index in [0.29, 0.717) is 13.2 Å². The highest BCUT2D eigenvalue weighted by Crippen LogP contribution is 2.42. The van der Waals surface area contributed by atoms with E-state index >= 15 is 0 Å². The first-order valence-corrected chi connectivity index (χ1v) is 9.19. The quantitative estimate of drug-likeness (QED) is 0.681. The lowest BCUT2D eigenvalue weighted by Gasteiger charge is -2.20. The van der Waals surface area contributed by atoms with Crippen molar-refractivity contribution in [3.8, 4) is 0 Å². The van der Waals surface area contributed by atoms with Crippen molar-refractivity contribution in [2.75, 3.05) is 40.5 Å². The van der Waals surface area contributed by atoms with Crippen molar-refractivity contribution in [3.63, 3.8) is 0 Å². The van der Waals surface area contributed by atoms with Crippen LogP contribution in [0.2, 0.25) is 0 Å². The molecule has 0 spiro atoms. The van der Waals surface area contributed by atoms with Gasteiger partial charge in [-0.3, -0.25) is 0 Å². The second kappa shape index (κ2) is 7.52. The van der Waals surface area contributed by atoms with Gasteiger partial charge in [-0.2, -0.15) is 0 Å². The van der Waals surface area contributed by atoms with Gasteiger partial charge < -0.3 is 19.1 Å². The summed E-state index contributed by atoms with van der Waals surface area (Å²) in [6, 6.07) is 0. The van der Waals surface area contributed by atoms with Crippen LogP contribution in [0.3, 0.4) is 0 Å². The molecule has 4 nitrogen and oxygen atoms in total. The van der Waals surface area contributed by atoms with Crippen LogP contribution in [0.5, 0.6) is 0 Å². The molecule has 0 saturated heterocycles. The molecule has 2 heterocycles. The Morgan fingerprint density at radius 3 is 2.88 bits per heavy atom. The lowest BCUT2D eigenvalue weighted by atomic mass is 10.0. The molecule has 0 aromatic rings. The van der Waals surface area contributed by atoms with Gasteiger partial charge in [0.1, 0.15) is 30.5 Å². The van der Waals surface area contributed by atoms with Crippen LogP contribution in [0.4, 0.5) is 0 Å². The van der Waals surface area contributed by atoms with Crippen molar-refractivity contribution in [2.45, 2.75) is 12.8 Å². The van der Waals surface area contributed by atoms with Crippen LogP contribution >= 0.6 is 0 Å². The zero-order valence-electron chi connectivity index (χ0n) is 15.5. The lowest BCUT2D eigenvalue weighted by molar-refractivity contribution is 0.111. The van der Waals surface area contributed by atoms with Crippen molar-refractivity contribution < 1.29 is 14.2 Å². The van der Waals surface area contributed by atoms with E-state index in [9.17, 15) is 0 Å². The summed E-state index contributed by atoms with van der Waals surface area (Å²) in [4.78, 5) is 2.17. The van der Waals surface area contributed by atoms with Gasteiger partial charge in [-0.1, -0.05) is 24.3 Å². The molecule has 0 bridgehead atoms. The highest BCUT2D eigenvalue weighted by Gasteiger charge is 2.29. The lowest BCUT2D eigenvalue weighted by Crippen LogP contribution is -2.15. The van der Waals surface area contributed by atoms with Crippen LogP contribution < -0.4 is 0 Å². The number of fused-ring (bicyclic) bond motifs is 3. The minimum Gasteiger partial charge on any atom is -0.488 e. The maximum Gasteiger partial charge on any atom is 0.138 e. The van der Waals surface area contributed by atoms with E-state index in [1.165, 1.54) is 5.57 Å². The second-order valence-corrected chi connectivity index (χ2v) is 7.04. The van der Waals surface area contributed by atoms with E-state index in [4.69, 9.17) is 14.2 Å². The number of ether oxygens (including phenoxy) is 3. The van der Waals surface area contributed by atoms with Gasteiger partial charge in [-0.25, -0.2) is 0 Å². The summed E-state index contributed by atoms with van der Waals surface area (Å²) in [5, 5.41) is 0. The molecule has 0 fully saturated rings. The first kappa shape index (κ1) is 17.1. The van der Waals surface area contributed by atoms with Crippen LogP contribution in [0.15, 0.2) is 82.1 Å². The first-order valence-electron chi connectivity index (χ1n) is 9.19. The standard InChI is InChI=1S/C22H25NO3/c1-23(2)11-5-12-24-15-18-10-9-16-6-3-8-19-20(22(16)26-18)14-17-7-4-13-25-21(17)19/h3-4,7-10,14H,5-6,11-13,15H2,1-2H3. The minimum absolute atomic E-state index is 0.500. The van der Waals surface area contributed by atoms with E-state index in [1.807, 2.05) is 12.2 Å². The van der Waals surface area contributed by atoms with Crippen LogP contribution in [0.1, 0.15) is 12.8 Å². The normalized spacial score (nSPS) is 20.7. The molecule has 0 amide bonds. The minimum atomic E-state index is 0.500. The summed E-state index contributed by atoms with van der Waals surface area (Å²) in [7, 11) is 4.15. The SMILES string of the molecule is CN(C)CCCOCC1=CC=C2CC=CC3=C4OCC=CC4=CC3=C2O1. The van der Waals surface area contributed by atoms with Crippen LogP contribution in [-0.2, 0) is 14.2 Å². The third-order valence-corrected chi connectivity index (χ3v) is 4.72. The molecule has 0 radical (unpaired) electrons. The Morgan fingerprint density at radius 2 is 2.00 bits per heavy atom. The predicted octanol–water partition coefficient (Wildman–Crippen LogP) is 3.79. The number of hydrogen-bond acceptors (Lipinski definition) is 4. The molecular weight excluding hydrogens is 326 g/mol. The maximum absolute atomic E-state index is 6.26. The van der Waals surface area contributed by atoms with Crippen molar-refractivity contribution >= 4 is 0 Å². The molecular formula is C22H25NO3. The molecule has 2 aliphatic carbocycles. The van der Waals surface area contributed by atoms with Gasteiger partial charge in [0, 0.05) is 23.3 Å². The van der Waals surface area contributed by atoms with Gasteiger partial charge in [0.15, 0.2) is 0 Å². The van der Waals surface area contributed by atoms with E-state index in [2.05, 4.69) is 49.4 Å². The third-order valence-electron chi connectivity index (χ3n) is 4.72. The predicted molar refractivity (Wildman–Crippen MR) is 102 cm³/mol. The zero-order valence-corrected chi connectivity index (χ0v) is 15.5. The molecule has 26 heavy (non-hydrogen) atoms. The molecule has 0 aromatic carbocycles. The first-order chi connectivity index (χ1) is 12.7. The van der Waals surface area contributed by atoms with Crippen LogP contribution in [0.25, 0.3) is 0 Å². The van der Waals surface area contributed by atoms with Crippen molar-refractivity contribution in [1.29, 1.82) is 0 Å². The van der Waals surface area contributed by atoms with Gasteiger partial charge in [0.2, 0.25) is 0 Å². The van der Waals surface area contributed by atoms with E-state index in [1.54, 1.807) is 0 Å². The molecule has 0 aromatic heterocycles. The molecule has 4 rings (SSSR count). The summed E-state index contributed by atoms with van der Waals surface area (Å²) in [6.45, 7) is 2.90. The molecule has 0 N–H and O–H groups in total. The number of rotatable bonds is 6. The number of hydrogen-bond donors (Lipinski definition) is 0. The molecule has 136 valence electrons. The van der Waals surface area contributed by atoms with Crippen molar-refractivity contribution in [1.82, 2.24) is 4.90 Å². The Kier molecular flexibility index (Phi) is 4.96. The van der Waals surface area contributed by atoms with Gasteiger partial charge in [0.25, 0.3) is 0 Å². The topological polar surface area (TPSA) is 30.9 Å². The molecule has 0 atom stereocenters. The highest BCUT2D eigenvalue weighted by molar-refractivity contribution is 5.68. The largest absolute Gasteiger partial charge is 0.488 e. The van der Waals surface area contributed by atoms with Gasteiger partial charge in [-0.05, 0) is 57.3 Å². The number of nitrogens with zero attached hydrogens (tertiary/aromatic N) is 1. The average molecular weight is 351 g/mol. The molecule has 2 aliphatic heterocycles. The second-order valence-electron chi connectivity index (χ2n) is 7.04. The Bertz CT molecular complexity index is 803. The Hall–Kier alpha value is -2.30. The summed E-state index contributed by atoms with van der Waals surface area (Å²) in [5.41, 5.74) is 4.55. The molecule has 0 unspecified atom stereocenters. The van der Waals surface area contributed by atoms with Crippen LogP contribution in [-0.4, -0.2) is 45.4 Å². The summed E-state index contributed by atoms with van der Waals surface area (Å²) >= 11 is 0. The monoisotopic (exact) mass is 351 g/mol. The summed E-state index contributed by atoms with van der Waals surface area (Å²) in [5.74, 6) is 2.76. The Labute approximate surface area is 155 Å². The third kappa shape index (κ3) is 3.48. The van der Waals surface area contributed by atoms with E-state index in [-0.39, 0.29) is 0 Å². The Balaban J connectivity index is 1.50. The fourth-order valence-electron chi connectivity index (χ4n) is 3.45. The summed E-state index contributed by atoms with van der Waals surface area (Å²) in [6.07, 6.45) is 16.7. The molecule has 4 heteroatoms. The molecule has 0 saturated carbocycles. The fraction of sp³-hybridized carbons (Fsp3) is 0.364. The maximum atomic E-state index is 6.26. The van der Waals surface area contributed by atoms with E-state index in [0.717, 1.165) is 60.0 Å². The highest BCUT2D eigenvalue weighted by atomic mass is 16.5. The molecule has 4 aliphatic rings. The average Bonchev–Trinajstić information content (AvgIpc) is 2.91. The smallest absolute Gasteiger partial charge is 0.138 e. The van der Waals surface area contributed by atoms with Gasteiger partial charge >= 0.3 is 0 Å². The van der Waals surface area contributed by atoms with E-state index < -0.39 is 0 Å².